The maximum Gasteiger partial charge on any atom is 0.407 e. The maximum absolute atomic E-state index is 12.7. The van der Waals surface area contributed by atoms with E-state index in [0.717, 1.165) is 16.7 Å². The molecule has 0 spiro atoms. The predicted molar refractivity (Wildman–Crippen MR) is 133 cm³/mol. The van der Waals surface area contributed by atoms with Crippen LogP contribution in [0.2, 0.25) is 10.0 Å². The second kappa shape index (κ2) is 13.1. The molecule has 0 fully saturated rings. The first-order chi connectivity index (χ1) is 15.4. The van der Waals surface area contributed by atoms with Gasteiger partial charge in [-0.15, -0.1) is 12.4 Å². The summed E-state index contributed by atoms with van der Waals surface area (Å²) in [5, 5.41) is 6.62. The number of nitrogens with two attached hydrogens (primary N) is 1. The van der Waals surface area contributed by atoms with E-state index in [2.05, 4.69) is 10.6 Å². The molecular formula is C24H24Cl3N3O3. The summed E-state index contributed by atoms with van der Waals surface area (Å²) in [5.41, 5.74) is 8.51. The summed E-state index contributed by atoms with van der Waals surface area (Å²) in [4.78, 5) is 24.7. The summed E-state index contributed by atoms with van der Waals surface area (Å²) in [6.45, 7) is 0.0523. The van der Waals surface area contributed by atoms with E-state index in [1.54, 1.807) is 24.3 Å². The molecule has 0 radical (unpaired) electrons. The van der Waals surface area contributed by atoms with Gasteiger partial charge < -0.3 is 21.1 Å². The van der Waals surface area contributed by atoms with Gasteiger partial charge in [0.1, 0.15) is 12.6 Å². The van der Waals surface area contributed by atoms with Crippen LogP contribution in [0.15, 0.2) is 78.9 Å². The van der Waals surface area contributed by atoms with Crippen LogP contribution in [0.25, 0.3) is 0 Å². The van der Waals surface area contributed by atoms with Crippen molar-refractivity contribution < 1.29 is 14.3 Å². The molecule has 2 amide bonds. The van der Waals surface area contributed by atoms with Gasteiger partial charge in [-0.05, 0) is 41.0 Å². The molecule has 9 heteroatoms. The topological polar surface area (TPSA) is 93.4 Å². The smallest absolute Gasteiger partial charge is 0.407 e. The summed E-state index contributed by atoms with van der Waals surface area (Å²) in [6, 6.07) is 22.1. The van der Waals surface area contributed by atoms with Gasteiger partial charge in [0.2, 0.25) is 5.91 Å². The van der Waals surface area contributed by atoms with Crippen molar-refractivity contribution in [2.24, 2.45) is 5.73 Å². The monoisotopic (exact) mass is 507 g/mol. The van der Waals surface area contributed by atoms with Crippen LogP contribution in [0.4, 0.5) is 4.79 Å². The highest BCUT2D eigenvalue weighted by atomic mass is 35.5. The van der Waals surface area contributed by atoms with E-state index in [1.165, 1.54) is 0 Å². The third-order valence-electron chi connectivity index (χ3n) is 4.71. The average molecular weight is 509 g/mol. The van der Waals surface area contributed by atoms with E-state index in [1.807, 2.05) is 54.6 Å². The van der Waals surface area contributed by atoms with E-state index in [9.17, 15) is 9.59 Å². The third-order valence-corrected chi connectivity index (χ3v) is 5.21. The van der Waals surface area contributed by atoms with Gasteiger partial charge in [-0.1, -0.05) is 77.8 Å². The Kier molecular flexibility index (Phi) is 10.5. The van der Waals surface area contributed by atoms with Crippen molar-refractivity contribution in [2.45, 2.75) is 18.7 Å². The molecule has 0 saturated carbocycles. The van der Waals surface area contributed by atoms with Gasteiger partial charge in [-0.2, -0.15) is 0 Å². The third kappa shape index (κ3) is 8.26. The first-order valence-corrected chi connectivity index (χ1v) is 10.7. The Morgan fingerprint density at radius 3 is 1.88 bits per heavy atom. The Hall–Kier alpha value is -2.77. The molecule has 0 heterocycles. The van der Waals surface area contributed by atoms with Crippen LogP contribution < -0.4 is 16.4 Å². The molecule has 174 valence electrons. The highest BCUT2D eigenvalue weighted by Crippen LogP contribution is 2.25. The molecule has 0 aliphatic heterocycles. The van der Waals surface area contributed by atoms with Crippen molar-refractivity contribution in [3.8, 4) is 0 Å². The standard InChI is InChI=1S/C24H23Cl2N3O3.ClH/c25-19-10-6-17(7-11-19)22(18-8-12-20(26)13-9-18)29-23(30)21(27)14-28-24(31)32-15-16-4-2-1-3-5-16;/h1-13,21-22H,14-15,27H2,(H,28,31)(H,29,30);1H. The lowest BCUT2D eigenvalue weighted by Gasteiger charge is -2.22. The summed E-state index contributed by atoms with van der Waals surface area (Å²) in [7, 11) is 0. The molecular weight excluding hydrogens is 485 g/mol. The molecule has 1 atom stereocenters. The molecule has 3 rings (SSSR count). The SMILES string of the molecule is Cl.NC(CNC(=O)OCc1ccccc1)C(=O)NC(c1ccc(Cl)cc1)c1ccc(Cl)cc1. The number of amides is 2. The maximum atomic E-state index is 12.7. The Balaban J connectivity index is 0.00000385. The van der Waals surface area contributed by atoms with Gasteiger partial charge in [0, 0.05) is 16.6 Å². The second-order valence-electron chi connectivity index (χ2n) is 7.09. The van der Waals surface area contributed by atoms with Crippen LogP contribution in [0.3, 0.4) is 0 Å². The Morgan fingerprint density at radius 1 is 0.848 bits per heavy atom. The highest BCUT2D eigenvalue weighted by Gasteiger charge is 2.21. The van der Waals surface area contributed by atoms with E-state index in [0.29, 0.717) is 10.0 Å². The number of hydrogen-bond donors (Lipinski definition) is 3. The summed E-state index contributed by atoms with van der Waals surface area (Å²) in [6.07, 6.45) is -0.649. The van der Waals surface area contributed by atoms with Gasteiger partial charge in [-0.25, -0.2) is 4.79 Å². The lowest BCUT2D eigenvalue weighted by Crippen LogP contribution is -2.49. The van der Waals surface area contributed by atoms with Gasteiger partial charge in [0.15, 0.2) is 0 Å². The molecule has 3 aromatic rings. The molecule has 0 aromatic heterocycles. The van der Waals surface area contributed by atoms with Gasteiger partial charge in [-0.3, -0.25) is 4.79 Å². The fourth-order valence-electron chi connectivity index (χ4n) is 2.98. The van der Waals surface area contributed by atoms with Crippen molar-refractivity contribution in [3.05, 3.63) is 106 Å². The van der Waals surface area contributed by atoms with Crippen LogP contribution in [0.5, 0.6) is 0 Å². The minimum absolute atomic E-state index is 0. The quantitative estimate of drug-likeness (QED) is 0.404. The first-order valence-electron chi connectivity index (χ1n) is 9.94. The molecule has 0 saturated heterocycles. The zero-order valence-corrected chi connectivity index (χ0v) is 19.9. The van der Waals surface area contributed by atoms with Crippen LogP contribution >= 0.6 is 35.6 Å². The zero-order chi connectivity index (χ0) is 22.9. The number of carbonyl (C=O) groups excluding carboxylic acids is 2. The highest BCUT2D eigenvalue weighted by molar-refractivity contribution is 6.30. The molecule has 4 N–H and O–H groups in total. The lowest BCUT2D eigenvalue weighted by molar-refractivity contribution is -0.122. The van der Waals surface area contributed by atoms with E-state index >= 15 is 0 Å². The summed E-state index contributed by atoms with van der Waals surface area (Å²) >= 11 is 12.0. The zero-order valence-electron chi connectivity index (χ0n) is 17.5. The van der Waals surface area contributed by atoms with Crippen molar-refractivity contribution in [1.29, 1.82) is 0 Å². The molecule has 0 aliphatic carbocycles. The van der Waals surface area contributed by atoms with Crippen LogP contribution in [-0.2, 0) is 16.1 Å². The number of hydrogen-bond acceptors (Lipinski definition) is 4. The van der Waals surface area contributed by atoms with Gasteiger partial charge in [0.05, 0.1) is 6.04 Å². The molecule has 1 unspecified atom stereocenters. The number of rotatable bonds is 8. The number of carbonyl (C=O) groups is 2. The minimum Gasteiger partial charge on any atom is -0.445 e. The fraction of sp³-hybridized carbons (Fsp3) is 0.167. The van der Waals surface area contributed by atoms with E-state index < -0.39 is 24.1 Å². The molecule has 3 aromatic carbocycles. The first kappa shape index (κ1) is 26.5. The Labute approximate surface area is 208 Å². The Bertz CT molecular complexity index is 987. The number of nitrogens with one attached hydrogen (secondary N) is 2. The van der Waals surface area contributed by atoms with Crippen molar-refractivity contribution in [1.82, 2.24) is 10.6 Å². The number of benzene rings is 3. The normalized spacial score (nSPS) is 11.3. The second-order valence-corrected chi connectivity index (χ2v) is 7.97. The molecule has 0 aliphatic rings. The largest absolute Gasteiger partial charge is 0.445 e. The van der Waals surface area contributed by atoms with E-state index in [-0.39, 0.29) is 25.6 Å². The fourth-order valence-corrected chi connectivity index (χ4v) is 3.23. The molecule has 0 bridgehead atoms. The van der Waals surface area contributed by atoms with E-state index in [4.69, 9.17) is 33.7 Å². The number of ether oxygens (including phenoxy) is 1. The number of alkyl carbamates (subject to hydrolysis) is 1. The summed E-state index contributed by atoms with van der Waals surface area (Å²) < 4.78 is 5.14. The lowest BCUT2D eigenvalue weighted by atomic mass is 9.98. The molecule has 33 heavy (non-hydrogen) atoms. The minimum atomic E-state index is -0.971. The predicted octanol–water partition coefficient (Wildman–Crippen LogP) is 4.87. The van der Waals surface area contributed by atoms with Crippen molar-refractivity contribution >= 4 is 47.6 Å². The van der Waals surface area contributed by atoms with Crippen LogP contribution in [-0.4, -0.2) is 24.6 Å². The van der Waals surface area contributed by atoms with Gasteiger partial charge >= 0.3 is 6.09 Å². The molecule has 6 nitrogen and oxygen atoms in total. The van der Waals surface area contributed by atoms with Crippen molar-refractivity contribution in [3.63, 3.8) is 0 Å². The van der Waals surface area contributed by atoms with Crippen LogP contribution in [0.1, 0.15) is 22.7 Å². The average Bonchev–Trinajstić information content (AvgIpc) is 2.81. The van der Waals surface area contributed by atoms with Crippen LogP contribution in [0, 0.1) is 0 Å². The Morgan fingerprint density at radius 2 is 1.36 bits per heavy atom. The summed E-state index contributed by atoms with van der Waals surface area (Å²) in [5.74, 6) is -0.428. The van der Waals surface area contributed by atoms with Gasteiger partial charge in [0.25, 0.3) is 0 Å². The number of halogens is 3. The van der Waals surface area contributed by atoms with Crippen molar-refractivity contribution in [2.75, 3.05) is 6.54 Å².